The first kappa shape index (κ1) is 13.3. The third-order valence-corrected chi connectivity index (χ3v) is 2.64. The van der Waals surface area contributed by atoms with Crippen LogP contribution in [0.5, 0.6) is 0 Å². The average molecular weight is 265 g/mol. The predicted molar refractivity (Wildman–Crippen MR) is 63.0 cm³/mol. The maximum absolute atomic E-state index is 11.5. The summed E-state index contributed by atoms with van der Waals surface area (Å²) >= 11 is 1.31. The summed E-state index contributed by atoms with van der Waals surface area (Å²) in [4.78, 5) is 11.5. The number of amides is 1. The lowest BCUT2D eigenvalue weighted by Gasteiger charge is -2.22. The van der Waals surface area contributed by atoms with Gasteiger partial charge in [-0.1, -0.05) is 11.3 Å². The fourth-order valence-electron chi connectivity index (χ4n) is 1.37. The molecule has 2 rings (SSSR count). The van der Waals surface area contributed by atoms with Crippen LogP contribution >= 0.6 is 23.7 Å². The molecule has 1 saturated heterocycles. The topological polar surface area (TPSA) is 76.1 Å². The zero-order valence-electron chi connectivity index (χ0n) is 8.51. The van der Waals surface area contributed by atoms with Crippen LogP contribution in [0, 0.1) is 0 Å². The summed E-state index contributed by atoms with van der Waals surface area (Å²) < 4.78 is 5.25. The number of morpholine rings is 1. The van der Waals surface area contributed by atoms with E-state index in [1.807, 2.05) is 0 Å². The van der Waals surface area contributed by atoms with E-state index >= 15 is 0 Å². The van der Waals surface area contributed by atoms with Crippen LogP contribution < -0.4 is 10.6 Å². The highest BCUT2D eigenvalue weighted by atomic mass is 35.5. The Bertz CT molecular complexity index is 316. The van der Waals surface area contributed by atoms with E-state index in [1.165, 1.54) is 11.3 Å². The Hall–Kier alpha value is -0.760. The molecule has 0 saturated carbocycles. The van der Waals surface area contributed by atoms with Crippen LogP contribution in [-0.4, -0.2) is 41.9 Å². The molecule has 1 aliphatic heterocycles. The zero-order valence-corrected chi connectivity index (χ0v) is 10.1. The highest BCUT2D eigenvalue weighted by Crippen LogP contribution is 2.09. The number of anilines is 1. The van der Waals surface area contributed by atoms with Crippen molar-refractivity contribution in [1.82, 2.24) is 15.5 Å². The normalized spacial score (nSPS) is 19.9. The third kappa shape index (κ3) is 4.01. The van der Waals surface area contributed by atoms with Crippen molar-refractivity contribution >= 4 is 34.8 Å². The maximum Gasteiger partial charge on any atom is 0.227 e. The fourth-order valence-corrected chi connectivity index (χ4v) is 1.83. The van der Waals surface area contributed by atoms with Crippen LogP contribution in [0.1, 0.15) is 6.42 Å². The van der Waals surface area contributed by atoms with Gasteiger partial charge in [0, 0.05) is 19.0 Å². The number of nitrogens with one attached hydrogen (secondary N) is 2. The van der Waals surface area contributed by atoms with E-state index in [4.69, 9.17) is 4.74 Å². The van der Waals surface area contributed by atoms with Gasteiger partial charge in [-0.15, -0.1) is 22.6 Å². The van der Waals surface area contributed by atoms with Gasteiger partial charge < -0.3 is 15.4 Å². The van der Waals surface area contributed by atoms with Gasteiger partial charge in [0.25, 0.3) is 0 Å². The minimum atomic E-state index is -0.0604. The molecule has 0 bridgehead atoms. The first-order chi connectivity index (χ1) is 7.34. The number of carbonyl (C=O) groups is 1. The monoisotopic (exact) mass is 264 g/mol. The molecule has 2 heterocycles. The van der Waals surface area contributed by atoms with E-state index in [-0.39, 0.29) is 24.4 Å². The van der Waals surface area contributed by atoms with Crippen molar-refractivity contribution in [2.75, 3.05) is 25.1 Å². The molecule has 1 unspecified atom stereocenters. The SMILES string of the molecule is Cl.O=C(CC1COCCN1)Nc1nncs1. The summed E-state index contributed by atoms with van der Waals surface area (Å²) in [6.07, 6.45) is 0.402. The van der Waals surface area contributed by atoms with Crippen molar-refractivity contribution in [3.63, 3.8) is 0 Å². The van der Waals surface area contributed by atoms with Crippen molar-refractivity contribution in [3.05, 3.63) is 5.51 Å². The number of rotatable bonds is 3. The molecule has 1 amide bonds. The van der Waals surface area contributed by atoms with Crippen molar-refractivity contribution in [2.45, 2.75) is 12.5 Å². The van der Waals surface area contributed by atoms with Gasteiger partial charge in [0.1, 0.15) is 5.51 Å². The molecule has 0 radical (unpaired) electrons. The van der Waals surface area contributed by atoms with Crippen LogP contribution in [0.25, 0.3) is 0 Å². The minimum absolute atomic E-state index is 0. The largest absolute Gasteiger partial charge is 0.378 e. The van der Waals surface area contributed by atoms with Gasteiger partial charge in [-0.25, -0.2) is 0 Å². The zero-order chi connectivity index (χ0) is 10.5. The lowest BCUT2D eigenvalue weighted by molar-refractivity contribution is -0.117. The third-order valence-electron chi connectivity index (χ3n) is 2.04. The van der Waals surface area contributed by atoms with Crippen LogP contribution in [0.2, 0.25) is 0 Å². The Kier molecular flexibility index (Phi) is 5.61. The van der Waals surface area contributed by atoms with E-state index in [2.05, 4.69) is 20.8 Å². The molecule has 1 aromatic heterocycles. The number of carbonyl (C=O) groups excluding carboxylic acids is 1. The van der Waals surface area contributed by atoms with Gasteiger partial charge in [-0.3, -0.25) is 4.79 Å². The standard InChI is InChI=1S/C8H12N4O2S.ClH/c13-7(11-8-12-10-5-15-8)3-6-4-14-2-1-9-6;/h5-6,9H,1-4H2,(H,11,12,13);1H. The molecule has 1 atom stereocenters. The first-order valence-electron chi connectivity index (χ1n) is 4.72. The molecule has 8 heteroatoms. The Morgan fingerprint density at radius 3 is 3.25 bits per heavy atom. The summed E-state index contributed by atoms with van der Waals surface area (Å²) in [5, 5.41) is 13.8. The average Bonchev–Trinajstić information content (AvgIpc) is 2.71. The Balaban J connectivity index is 0.00000128. The second-order valence-corrected chi connectivity index (χ2v) is 4.06. The van der Waals surface area contributed by atoms with Crippen molar-refractivity contribution in [1.29, 1.82) is 0 Å². The van der Waals surface area contributed by atoms with Crippen molar-refractivity contribution in [3.8, 4) is 0 Å². The number of ether oxygens (including phenoxy) is 1. The summed E-state index contributed by atoms with van der Waals surface area (Å²) in [5.41, 5.74) is 1.58. The van der Waals surface area contributed by atoms with Crippen molar-refractivity contribution < 1.29 is 9.53 Å². The summed E-state index contributed by atoms with van der Waals surface area (Å²) in [6, 6.07) is 0.103. The smallest absolute Gasteiger partial charge is 0.227 e. The van der Waals surface area contributed by atoms with Crippen LogP contribution in [0.4, 0.5) is 5.13 Å². The molecule has 0 aromatic carbocycles. The van der Waals surface area contributed by atoms with Gasteiger partial charge in [0.2, 0.25) is 11.0 Å². The number of halogens is 1. The molecule has 0 aliphatic carbocycles. The first-order valence-corrected chi connectivity index (χ1v) is 5.60. The second kappa shape index (κ2) is 6.74. The molecule has 6 nitrogen and oxygen atoms in total. The number of aromatic nitrogens is 2. The highest BCUT2D eigenvalue weighted by molar-refractivity contribution is 7.13. The summed E-state index contributed by atoms with van der Waals surface area (Å²) in [7, 11) is 0. The van der Waals surface area contributed by atoms with Crippen LogP contribution in [0.15, 0.2) is 5.51 Å². The maximum atomic E-state index is 11.5. The molecule has 1 fully saturated rings. The van der Waals surface area contributed by atoms with E-state index < -0.39 is 0 Å². The van der Waals surface area contributed by atoms with Gasteiger partial charge >= 0.3 is 0 Å². The predicted octanol–water partition coefficient (Wildman–Crippen LogP) is 0.277. The molecule has 90 valence electrons. The van der Waals surface area contributed by atoms with E-state index in [0.29, 0.717) is 24.8 Å². The van der Waals surface area contributed by atoms with Crippen LogP contribution in [-0.2, 0) is 9.53 Å². The number of nitrogens with zero attached hydrogens (tertiary/aromatic N) is 2. The molecule has 1 aromatic rings. The quantitative estimate of drug-likeness (QED) is 0.820. The van der Waals surface area contributed by atoms with Gasteiger partial charge in [-0.2, -0.15) is 0 Å². The molecule has 0 spiro atoms. The van der Waals surface area contributed by atoms with E-state index in [9.17, 15) is 4.79 Å². The number of hydrogen-bond acceptors (Lipinski definition) is 6. The van der Waals surface area contributed by atoms with Gasteiger partial charge in [-0.05, 0) is 0 Å². The Morgan fingerprint density at radius 2 is 2.62 bits per heavy atom. The van der Waals surface area contributed by atoms with Crippen LogP contribution in [0.3, 0.4) is 0 Å². The molecular formula is C8H13ClN4O2S. The van der Waals surface area contributed by atoms with E-state index in [1.54, 1.807) is 5.51 Å². The Labute approximate surface area is 103 Å². The van der Waals surface area contributed by atoms with Gasteiger partial charge in [0.15, 0.2) is 0 Å². The molecule has 2 N–H and O–H groups in total. The second-order valence-electron chi connectivity index (χ2n) is 3.22. The fraction of sp³-hybridized carbons (Fsp3) is 0.625. The van der Waals surface area contributed by atoms with Crippen molar-refractivity contribution in [2.24, 2.45) is 0 Å². The molecular weight excluding hydrogens is 252 g/mol. The molecule has 1 aliphatic rings. The lowest BCUT2D eigenvalue weighted by atomic mass is 10.2. The summed E-state index contributed by atoms with van der Waals surface area (Å²) in [6.45, 7) is 2.11. The van der Waals surface area contributed by atoms with Gasteiger partial charge in [0.05, 0.1) is 13.2 Å². The minimum Gasteiger partial charge on any atom is -0.378 e. The highest BCUT2D eigenvalue weighted by Gasteiger charge is 2.17. The Morgan fingerprint density at radius 1 is 1.75 bits per heavy atom. The van der Waals surface area contributed by atoms with E-state index in [0.717, 1.165) is 6.54 Å². The lowest BCUT2D eigenvalue weighted by Crippen LogP contribution is -2.43. The summed E-state index contributed by atoms with van der Waals surface area (Å²) in [5.74, 6) is -0.0604. The number of hydrogen-bond donors (Lipinski definition) is 2. The molecule has 16 heavy (non-hydrogen) atoms.